The van der Waals surface area contributed by atoms with Crippen molar-refractivity contribution in [2.45, 2.75) is 18.7 Å². The molecule has 0 aliphatic heterocycles. The molecule has 0 saturated carbocycles. The van der Waals surface area contributed by atoms with Crippen molar-refractivity contribution in [3.63, 3.8) is 0 Å². The van der Waals surface area contributed by atoms with Crippen molar-refractivity contribution in [3.05, 3.63) is 60.2 Å². The van der Waals surface area contributed by atoms with Crippen molar-refractivity contribution in [1.29, 1.82) is 0 Å². The van der Waals surface area contributed by atoms with Crippen LogP contribution in [0.2, 0.25) is 0 Å². The molecule has 0 bridgehead atoms. The average molecular weight is 286 g/mol. The molecule has 0 aliphatic carbocycles. The second-order valence-corrected chi connectivity index (χ2v) is 6.60. The van der Waals surface area contributed by atoms with Crippen LogP contribution in [0.3, 0.4) is 0 Å². The molecule has 0 spiro atoms. The Labute approximate surface area is 117 Å². The van der Waals surface area contributed by atoms with E-state index in [9.17, 15) is 8.42 Å². The quantitative estimate of drug-likeness (QED) is 0.728. The highest BCUT2D eigenvalue weighted by atomic mass is 32.2. The standard InChI is InChI=1S/C15H14N2O2S/c1-11-3-4-13-5-6-15(10-14(13)9-11)20(18,19)17-8-7-16-12(17)2/h3-10H,1-2H3. The van der Waals surface area contributed by atoms with Crippen LogP contribution in [0.15, 0.2) is 53.7 Å². The van der Waals surface area contributed by atoms with Gasteiger partial charge in [0, 0.05) is 12.4 Å². The molecule has 2 aromatic carbocycles. The molecular weight excluding hydrogens is 272 g/mol. The van der Waals surface area contributed by atoms with E-state index in [-0.39, 0.29) is 4.90 Å². The summed E-state index contributed by atoms with van der Waals surface area (Å²) in [5.74, 6) is 0.453. The lowest BCUT2D eigenvalue weighted by Gasteiger charge is -2.08. The van der Waals surface area contributed by atoms with Crippen LogP contribution in [0, 0.1) is 13.8 Å². The molecule has 4 nitrogen and oxygen atoms in total. The van der Waals surface area contributed by atoms with Gasteiger partial charge in [0.2, 0.25) is 0 Å². The fourth-order valence-corrected chi connectivity index (χ4v) is 3.59. The van der Waals surface area contributed by atoms with E-state index in [1.807, 2.05) is 31.2 Å². The maximum absolute atomic E-state index is 12.6. The molecule has 0 amide bonds. The Balaban J connectivity index is 2.22. The van der Waals surface area contributed by atoms with E-state index in [1.165, 1.54) is 16.4 Å². The van der Waals surface area contributed by atoms with E-state index in [0.717, 1.165) is 16.3 Å². The molecule has 0 N–H and O–H groups in total. The summed E-state index contributed by atoms with van der Waals surface area (Å²) in [4.78, 5) is 4.24. The highest BCUT2D eigenvalue weighted by Gasteiger charge is 2.18. The number of hydrogen-bond acceptors (Lipinski definition) is 3. The summed E-state index contributed by atoms with van der Waals surface area (Å²) in [6.07, 6.45) is 2.95. The number of imidazole rings is 1. The normalized spacial score (nSPS) is 11.9. The summed E-state index contributed by atoms with van der Waals surface area (Å²) in [6, 6.07) is 11.1. The second kappa shape index (κ2) is 4.45. The maximum Gasteiger partial charge on any atom is 0.269 e. The molecule has 1 aromatic heterocycles. The second-order valence-electron chi connectivity index (χ2n) is 4.79. The van der Waals surface area contributed by atoms with E-state index in [1.54, 1.807) is 19.1 Å². The molecular formula is C15H14N2O2S. The molecule has 1 heterocycles. The average Bonchev–Trinajstić information content (AvgIpc) is 2.84. The number of rotatable bonds is 2. The van der Waals surface area contributed by atoms with Gasteiger partial charge in [0.1, 0.15) is 5.82 Å². The summed E-state index contributed by atoms with van der Waals surface area (Å²) < 4.78 is 26.3. The van der Waals surface area contributed by atoms with Crippen LogP contribution in [-0.4, -0.2) is 17.4 Å². The van der Waals surface area contributed by atoms with Gasteiger partial charge < -0.3 is 0 Å². The summed E-state index contributed by atoms with van der Waals surface area (Å²) in [6.45, 7) is 3.66. The number of aromatic nitrogens is 2. The fourth-order valence-electron chi connectivity index (χ4n) is 2.24. The summed E-state index contributed by atoms with van der Waals surface area (Å²) >= 11 is 0. The van der Waals surface area contributed by atoms with Crippen LogP contribution in [0.25, 0.3) is 10.8 Å². The number of fused-ring (bicyclic) bond motifs is 1. The Kier molecular flexibility index (Phi) is 2.87. The minimum absolute atomic E-state index is 0.275. The van der Waals surface area contributed by atoms with Crippen molar-refractivity contribution in [2.75, 3.05) is 0 Å². The van der Waals surface area contributed by atoms with Crippen molar-refractivity contribution < 1.29 is 8.42 Å². The molecule has 5 heteroatoms. The van der Waals surface area contributed by atoms with E-state index in [2.05, 4.69) is 4.98 Å². The van der Waals surface area contributed by atoms with E-state index in [4.69, 9.17) is 0 Å². The Hall–Kier alpha value is -2.14. The third kappa shape index (κ3) is 2.00. The third-order valence-electron chi connectivity index (χ3n) is 3.31. The lowest BCUT2D eigenvalue weighted by atomic mass is 10.1. The minimum Gasteiger partial charge on any atom is -0.241 e. The Morgan fingerprint density at radius 1 is 1.00 bits per heavy atom. The Morgan fingerprint density at radius 3 is 2.45 bits per heavy atom. The molecule has 3 rings (SSSR count). The van der Waals surface area contributed by atoms with Crippen molar-refractivity contribution >= 4 is 20.8 Å². The van der Waals surface area contributed by atoms with Crippen LogP contribution in [-0.2, 0) is 10.0 Å². The molecule has 0 fully saturated rings. The topological polar surface area (TPSA) is 52.0 Å². The monoisotopic (exact) mass is 286 g/mol. The van der Waals surface area contributed by atoms with Gasteiger partial charge in [-0.15, -0.1) is 0 Å². The van der Waals surface area contributed by atoms with Gasteiger partial charge in [-0.1, -0.05) is 29.8 Å². The molecule has 20 heavy (non-hydrogen) atoms. The van der Waals surface area contributed by atoms with Gasteiger partial charge in [0.05, 0.1) is 4.90 Å². The van der Waals surface area contributed by atoms with Crippen LogP contribution in [0.1, 0.15) is 11.4 Å². The molecule has 0 radical (unpaired) electrons. The lowest BCUT2D eigenvalue weighted by Crippen LogP contribution is -2.13. The third-order valence-corrected chi connectivity index (χ3v) is 5.06. The highest BCUT2D eigenvalue weighted by molar-refractivity contribution is 7.90. The maximum atomic E-state index is 12.6. The van der Waals surface area contributed by atoms with E-state index < -0.39 is 10.0 Å². The molecule has 0 unspecified atom stereocenters. The first kappa shape index (κ1) is 12.9. The number of benzene rings is 2. The highest BCUT2D eigenvalue weighted by Crippen LogP contribution is 2.22. The first-order chi connectivity index (χ1) is 9.48. The number of nitrogens with zero attached hydrogens (tertiary/aromatic N) is 2. The summed E-state index contributed by atoms with van der Waals surface area (Å²) in [5, 5.41) is 1.95. The smallest absolute Gasteiger partial charge is 0.241 e. The van der Waals surface area contributed by atoms with Crippen LogP contribution < -0.4 is 0 Å². The lowest BCUT2D eigenvalue weighted by molar-refractivity contribution is 0.586. The van der Waals surface area contributed by atoms with E-state index in [0.29, 0.717) is 5.82 Å². The first-order valence-electron chi connectivity index (χ1n) is 6.24. The Bertz CT molecular complexity index is 895. The minimum atomic E-state index is -3.58. The zero-order chi connectivity index (χ0) is 14.3. The van der Waals surface area contributed by atoms with Gasteiger partial charge in [0.15, 0.2) is 0 Å². The zero-order valence-electron chi connectivity index (χ0n) is 11.2. The van der Waals surface area contributed by atoms with Crippen LogP contribution in [0.5, 0.6) is 0 Å². The molecule has 3 aromatic rings. The molecule has 0 atom stereocenters. The summed E-state index contributed by atoms with van der Waals surface area (Å²) in [7, 11) is -3.58. The van der Waals surface area contributed by atoms with Gasteiger partial charge in [0.25, 0.3) is 10.0 Å². The molecule has 0 saturated heterocycles. The van der Waals surface area contributed by atoms with Gasteiger partial charge in [-0.05, 0) is 36.8 Å². The predicted octanol–water partition coefficient (Wildman–Crippen LogP) is 2.89. The molecule has 102 valence electrons. The largest absolute Gasteiger partial charge is 0.269 e. The van der Waals surface area contributed by atoms with Crippen LogP contribution in [0.4, 0.5) is 0 Å². The van der Waals surface area contributed by atoms with Gasteiger partial charge in [-0.3, -0.25) is 0 Å². The Morgan fingerprint density at radius 2 is 1.75 bits per heavy atom. The zero-order valence-corrected chi connectivity index (χ0v) is 12.1. The van der Waals surface area contributed by atoms with Crippen LogP contribution >= 0.6 is 0 Å². The van der Waals surface area contributed by atoms with Crippen molar-refractivity contribution in [2.24, 2.45) is 0 Å². The van der Waals surface area contributed by atoms with Gasteiger partial charge in [-0.25, -0.2) is 17.4 Å². The van der Waals surface area contributed by atoms with Crippen molar-refractivity contribution in [3.8, 4) is 0 Å². The fraction of sp³-hybridized carbons (Fsp3) is 0.133. The van der Waals surface area contributed by atoms with Gasteiger partial charge in [-0.2, -0.15) is 0 Å². The van der Waals surface area contributed by atoms with E-state index >= 15 is 0 Å². The number of hydrogen-bond donors (Lipinski definition) is 0. The SMILES string of the molecule is Cc1ccc2ccc(S(=O)(=O)n3ccnc3C)cc2c1. The number of aryl methyl sites for hydroxylation is 2. The first-order valence-corrected chi connectivity index (χ1v) is 7.68. The van der Waals surface area contributed by atoms with Crippen molar-refractivity contribution in [1.82, 2.24) is 8.96 Å². The molecule has 0 aliphatic rings. The predicted molar refractivity (Wildman–Crippen MR) is 78.2 cm³/mol. The van der Waals surface area contributed by atoms with Gasteiger partial charge >= 0.3 is 0 Å². The summed E-state index contributed by atoms with van der Waals surface area (Å²) in [5.41, 5.74) is 1.10.